The van der Waals surface area contributed by atoms with E-state index in [1.165, 1.54) is 30.2 Å². The van der Waals surface area contributed by atoms with E-state index in [0.29, 0.717) is 12.1 Å². The summed E-state index contributed by atoms with van der Waals surface area (Å²) in [4.78, 5) is 35.6. The molecule has 0 spiro atoms. The first kappa shape index (κ1) is 19.3. The molecule has 1 aromatic rings. The lowest BCUT2D eigenvalue weighted by atomic mass is 10.1. The molecule has 0 bridgehead atoms. The summed E-state index contributed by atoms with van der Waals surface area (Å²) in [6.45, 7) is 4.65. The Kier molecular flexibility index (Phi) is 7.61. The highest BCUT2D eigenvalue weighted by Gasteiger charge is 2.15. The molecule has 0 unspecified atom stereocenters. The van der Waals surface area contributed by atoms with Crippen molar-refractivity contribution in [2.45, 2.75) is 20.3 Å². The summed E-state index contributed by atoms with van der Waals surface area (Å²) in [5.74, 6) is -0.462. The number of para-hydroxylation sites is 1. The first-order valence-electron chi connectivity index (χ1n) is 7.62. The van der Waals surface area contributed by atoms with E-state index >= 15 is 0 Å². The standard InChI is InChI=1S/C17H22N2O5/c1-13(2)12-18(11-10-17(21)24-3)16(20)9-8-14-6-4-5-7-15(14)19(22)23/h4-9,13H,10-12H2,1-3H3/b9-8+. The number of nitro groups is 1. The minimum Gasteiger partial charge on any atom is -0.469 e. The van der Waals surface area contributed by atoms with Crippen LogP contribution in [0.4, 0.5) is 5.69 Å². The summed E-state index contributed by atoms with van der Waals surface area (Å²) < 4.78 is 4.59. The molecule has 7 heteroatoms. The predicted molar refractivity (Wildman–Crippen MR) is 90.2 cm³/mol. The molecule has 0 fully saturated rings. The van der Waals surface area contributed by atoms with Crippen molar-refractivity contribution in [2.75, 3.05) is 20.2 Å². The molecule has 24 heavy (non-hydrogen) atoms. The molecule has 0 N–H and O–H groups in total. The summed E-state index contributed by atoms with van der Waals surface area (Å²) in [5.41, 5.74) is 0.292. The average Bonchev–Trinajstić information content (AvgIpc) is 2.55. The van der Waals surface area contributed by atoms with Crippen molar-refractivity contribution in [3.63, 3.8) is 0 Å². The van der Waals surface area contributed by atoms with Crippen molar-refractivity contribution in [3.8, 4) is 0 Å². The van der Waals surface area contributed by atoms with Crippen LogP contribution in [0.5, 0.6) is 0 Å². The molecular weight excluding hydrogens is 312 g/mol. The Hall–Kier alpha value is -2.70. The van der Waals surface area contributed by atoms with Crippen molar-refractivity contribution in [3.05, 3.63) is 46.0 Å². The van der Waals surface area contributed by atoms with E-state index in [4.69, 9.17) is 0 Å². The van der Waals surface area contributed by atoms with Gasteiger partial charge in [-0.3, -0.25) is 19.7 Å². The molecular formula is C17H22N2O5. The van der Waals surface area contributed by atoms with Crippen molar-refractivity contribution in [1.29, 1.82) is 0 Å². The van der Waals surface area contributed by atoms with Crippen molar-refractivity contribution in [1.82, 2.24) is 4.90 Å². The molecule has 0 saturated heterocycles. The van der Waals surface area contributed by atoms with Gasteiger partial charge in [0, 0.05) is 25.2 Å². The maximum Gasteiger partial charge on any atom is 0.307 e. The maximum absolute atomic E-state index is 12.4. The number of carbonyl (C=O) groups excluding carboxylic acids is 2. The first-order valence-corrected chi connectivity index (χ1v) is 7.62. The SMILES string of the molecule is COC(=O)CCN(CC(C)C)C(=O)/C=C/c1ccccc1[N+](=O)[O-]. The summed E-state index contributed by atoms with van der Waals surface area (Å²) in [7, 11) is 1.30. The van der Waals surface area contributed by atoms with Crippen LogP contribution in [0.1, 0.15) is 25.8 Å². The Morgan fingerprint density at radius 2 is 2.00 bits per heavy atom. The fraction of sp³-hybridized carbons (Fsp3) is 0.412. The lowest BCUT2D eigenvalue weighted by Gasteiger charge is -2.22. The molecule has 1 amide bonds. The van der Waals surface area contributed by atoms with Gasteiger partial charge in [0.1, 0.15) is 0 Å². The van der Waals surface area contributed by atoms with Crippen molar-refractivity contribution >= 4 is 23.6 Å². The van der Waals surface area contributed by atoms with Gasteiger partial charge < -0.3 is 9.64 Å². The Morgan fingerprint density at radius 3 is 2.58 bits per heavy atom. The third kappa shape index (κ3) is 6.20. The van der Waals surface area contributed by atoms with Gasteiger partial charge in [-0.25, -0.2) is 0 Å². The Bertz CT molecular complexity index is 625. The molecule has 0 atom stereocenters. The highest BCUT2D eigenvalue weighted by Crippen LogP contribution is 2.19. The number of hydrogen-bond acceptors (Lipinski definition) is 5. The topological polar surface area (TPSA) is 89.8 Å². The van der Waals surface area contributed by atoms with Gasteiger partial charge in [0.05, 0.1) is 24.0 Å². The number of nitro benzene ring substituents is 1. The van der Waals surface area contributed by atoms with Crippen LogP contribution >= 0.6 is 0 Å². The molecule has 0 heterocycles. The number of ether oxygens (including phenoxy) is 1. The van der Waals surface area contributed by atoms with Crippen LogP contribution in [0.2, 0.25) is 0 Å². The third-order valence-electron chi connectivity index (χ3n) is 3.25. The number of nitrogens with zero attached hydrogens (tertiary/aromatic N) is 2. The Morgan fingerprint density at radius 1 is 1.33 bits per heavy atom. The zero-order valence-electron chi connectivity index (χ0n) is 14.1. The quantitative estimate of drug-likeness (QED) is 0.315. The van der Waals surface area contributed by atoms with E-state index in [2.05, 4.69) is 4.74 Å². The van der Waals surface area contributed by atoms with Gasteiger partial charge in [0.2, 0.25) is 5.91 Å². The van der Waals surface area contributed by atoms with E-state index in [0.717, 1.165) is 0 Å². The zero-order valence-corrected chi connectivity index (χ0v) is 14.1. The third-order valence-corrected chi connectivity index (χ3v) is 3.25. The number of carbonyl (C=O) groups is 2. The number of rotatable bonds is 8. The molecule has 130 valence electrons. The first-order chi connectivity index (χ1) is 11.3. The number of esters is 1. The predicted octanol–water partition coefficient (Wildman–Crippen LogP) is 2.66. The number of benzene rings is 1. The van der Waals surface area contributed by atoms with Crippen molar-refractivity contribution in [2.24, 2.45) is 5.92 Å². The molecule has 0 radical (unpaired) electrons. The van der Waals surface area contributed by atoms with Crippen LogP contribution in [0.15, 0.2) is 30.3 Å². The second-order valence-electron chi connectivity index (χ2n) is 5.65. The van der Waals surface area contributed by atoms with Crippen LogP contribution in [-0.2, 0) is 14.3 Å². The molecule has 0 aromatic heterocycles. The fourth-order valence-electron chi connectivity index (χ4n) is 2.12. The van der Waals surface area contributed by atoms with Crippen LogP contribution in [0.25, 0.3) is 6.08 Å². The smallest absolute Gasteiger partial charge is 0.307 e. The summed E-state index contributed by atoms with van der Waals surface area (Å²) in [6.07, 6.45) is 2.82. The Labute approximate surface area is 141 Å². The van der Waals surface area contributed by atoms with Gasteiger partial charge in [-0.1, -0.05) is 26.0 Å². The van der Waals surface area contributed by atoms with Gasteiger partial charge in [0.15, 0.2) is 0 Å². The van der Waals surface area contributed by atoms with Crippen LogP contribution in [0, 0.1) is 16.0 Å². The van der Waals surface area contributed by atoms with Crippen LogP contribution < -0.4 is 0 Å². The minimum atomic E-state index is -0.493. The molecule has 7 nitrogen and oxygen atoms in total. The van der Waals surface area contributed by atoms with Gasteiger partial charge in [-0.2, -0.15) is 0 Å². The van der Waals surface area contributed by atoms with Crippen molar-refractivity contribution < 1.29 is 19.2 Å². The monoisotopic (exact) mass is 334 g/mol. The van der Waals surface area contributed by atoms with Crippen LogP contribution in [-0.4, -0.2) is 41.9 Å². The fourth-order valence-corrected chi connectivity index (χ4v) is 2.12. The summed E-state index contributed by atoms with van der Waals surface area (Å²) in [5, 5.41) is 11.0. The lowest BCUT2D eigenvalue weighted by Crippen LogP contribution is -2.34. The highest BCUT2D eigenvalue weighted by molar-refractivity contribution is 5.92. The van der Waals surface area contributed by atoms with E-state index in [-0.39, 0.29) is 36.4 Å². The van der Waals surface area contributed by atoms with Gasteiger partial charge in [0.25, 0.3) is 5.69 Å². The molecule has 1 aromatic carbocycles. The molecule has 0 saturated carbocycles. The van der Waals surface area contributed by atoms with E-state index in [1.54, 1.807) is 18.2 Å². The normalized spacial score (nSPS) is 10.8. The highest BCUT2D eigenvalue weighted by atomic mass is 16.6. The molecule has 0 aliphatic rings. The zero-order chi connectivity index (χ0) is 18.1. The summed E-state index contributed by atoms with van der Waals surface area (Å²) >= 11 is 0. The van der Waals surface area contributed by atoms with E-state index < -0.39 is 4.92 Å². The van der Waals surface area contributed by atoms with Crippen LogP contribution in [0.3, 0.4) is 0 Å². The van der Waals surface area contributed by atoms with E-state index in [1.807, 2.05) is 13.8 Å². The second kappa shape index (κ2) is 9.44. The number of amides is 1. The lowest BCUT2D eigenvalue weighted by molar-refractivity contribution is -0.385. The largest absolute Gasteiger partial charge is 0.469 e. The Balaban J connectivity index is 2.87. The minimum absolute atomic E-state index is 0.0634. The maximum atomic E-state index is 12.4. The van der Waals surface area contributed by atoms with Gasteiger partial charge in [-0.15, -0.1) is 0 Å². The summed E-state index contributed by atoms with van der Waals surface area (Å²) in [6, 6.07) is 6.19. The van der Waals surface area contributed by atoms with Gasteiger partial charge in [-0.05, 0) is 18.1 Å². The van der Waals surface area contributed by atoms with Gasteiger partial charge >= 0.3 is 5.97 Å². The molecule has 1 rings (SSSR count). The second-order valence-corrected chi connectivity index (χ2v) is 5.65. The number of methoxy groups -OCH3 is 1. The molecule has 0 aliphatic carbocycles. The average molecular weight is 334 g/mol. The van der Waals surface area contributed by atoms with E-state index in [9.17, 15) is 19.7 Å². The number of hydrogen-bond donors (Lipinski definition) is 0. The molecule has 0 aliphatic heterocycles.